The second-order valence-corrected chi connectivity index (χ2v) is 5.85. The maximum Gasteiger partial charge on any atom is 0.268 e. The summed E-state index contributed by atoms with van der Waals surface area (Å²) in [5, 5.41) is 0. The Hall–Kier alpha value is -3.68. The number of aromatic nitrogens is 4. The third-order valence-corrected chi connectivity index (χ3v) is 3.98. The van der Waals surface area contributed by atoms with Gasteiger partial charge in [0, 0.05) is 19.3 Å². The topological polar surface area (TPSA) is 92.3 Å². The highest BCUT2D eigenvalue weighted by molar-refractivity contribution is 5.77. The maximum absolute atomic E-state index is 11.5. The van der Waals surface area contributed by atoms with Crippen molar-refractivity contribution in [2.24, 2.45) is 7.05 Å². The van der Waals surface area contributed by atoms with Crippen LogP contribution in [0.2, 0.25) is 0 Å². The van der Waals surface area contributed by atoms with Crippen LogP contribution in [0.25, 0.3) is 22.7 Å². The predicted octanol–water partition coefficient (Wildman–Crippen LogP) is 2.57. The van der Waals surface area contributed by atoms with Gasteiger partial charge in [-0.15, -0.1) is 0 Å². The number of pyridine rings is 1. The van der Waals surface area contributed by atoms with Gasteiger partial charge >= 0.3 is 0 Å². The van der Waals surface area contributed by atoms with Gasteiger partial charge in [-0.1, -0.05) is 0 Å². The Morgan fingerprint density at radius 1 is 1.11 bits per heavy atom. The minimum Gasteiger partial charge on any atom is -0.495 e. The third kappa shape index (κ3) is 3.50. The van der Waals surface area contributed by atoms with E-state index in [1.54, 1.807) is 44.8 Å². The molecule has 4 aromatic rings. The zero-order valence-corrected chi connectivity index (χ0v) is 14.7. The molecule has 8 nitrogen and oxygen atoms in total. The van der Waals surface area contributed by atoms with Crippen molar-refractivity contribution < 1.29 is 13.9 Å². The van der Waals surface area contributed by atoms with E-state index in [4.69, 9.17) is 13.9 Å². The molecule has 4 rings (SSSR count). The number of nitrogens with zero attached hydrogens (tertiary/aromatic N) is 4. The summed E-state index contributed by atoms with van der Waals surface area (Å²) in [7, 11) is 3.24. The van der Waals surface area contributed by atoms with Crippen molar-refractivity contribution >= 4 is 11.1 Å². The molecule has 0 fully saturated rings. The smallest absolute Gasteiger partial charge is 0.268 e. The van der Waals surface area contributed by atoms with E-state index < -0.39 is 0 Å². The average molecular weight is 364 g/mol. The monoisotopic (exact) mass is 364 g/mol. The minimum absolute atomic E-state index is 0.197. The van der Waals surface area contributed by atoms with Crippen LogP contribution in [0, 0.1) is 0 Å². The zero-order valence-electron chi connectivity index (χ0n) is 14.7. The van der Waals surface area contributed by atoms with Gasteiger partial charge in [-0.05, 0) is 24.3 Å². The van der Waals surface area contributed by atoms with Crippen LogP contribution in [-0.2, 0) is 13.7 Å². The van der Waals surface area contributed by atoms with Gasteiger partial charge in [0.2, 0.25) is 5.89 Å². The number of fused-ring (bicyclic) bond motifs is 1. The molecule has 136 valence electrons. The molecule has 0 aliphatic carbocycles. The normalized spacial score (nSPS) is 10.9. The van der Waals surface area contributed by atoms with Crippen LogP contribution in [-0.4, -0.2) is 26.6 Å². The van der Waals surface area contributed by atoms with Crippen molar-refractivity contribution in [1.82, 2.24) is 19.5 Å². The molecule has 0 aliphatic rings. The lowest BCUT2D eigenvalue weighted by Crippen LogP contribution is -2.15. The molecule has 0 atom stereocenters. The van der Waals surface area contributed by atoms with Crippen LogP contribution in [0.3, 0.4) is 0 Å². The molecule has 0 unspecified atom stereocenters. The molecule has 0 aliphatic heterocycles. The molecule has 0 saturated heterocycles. The third-order valence-electron chi connectivity index (χ3n) is 3.98. The number of hydrogen-bond donors (Lipinski definition) is 0. The predicted molar refractivity (Wildman–Crippen MR) is 97.6 cm³/mol. The summed E-state index contributed by atoms with van der Waals surface area (Å²) in [6.07, 6.45) is 4.46. The van der Waals surface area contributed by atoms with Crippen LogP contribution < -0.4 is 15.0 Å². The van der Waals surface area contributed by atoms with Crippen LogP contribution in [0.5, 0.6) is 11.5 Å². The molecular formula is C19H16N4O4. The number of hydrogen-bond acceptors (Lipinski definition) is 7. The molecule has 0 amide bonds. The Kier molecular flexibility index (Phi) is 4.29. The molecule has 0 radical (unpaired) electrons. The number of ether oxygens (including phenoxy) is 2. The molecule has 0 saturated carbocycles. The van der Waals surface area contributed by atoms with Gasteiger partial charge in [-0.2, -0.15) is 0 Å². The first-order chi connectivity index (χ1) is 13.1. The van der Waals surface area contributed by atoms with E-state index in [-0.39, 0.29) is 5.56 Å². The molecule has 1 aromatic carbocycles. The van der Waals surface area contributed by atoms with Gasteiger partial charge in [-0.3, -0.25) is 9.78 Å². The molecular weight excluding hydrogens is 348 g/mol. The Bertz CT molecular complexity index is 1150. The highest BCUT2D eigenvalue weighted by Gasteiger charge is 2.11. The fourth-order valence-corrected chi connectivity index (χ4v) is 2.49. The minimum atomic E-state index is -0.197. The maximum atomic E-state index is 11.5. The standard InChI is InChI=1S/C19H16N4O4/c1-23-10-16(21-9-18(23)24)19-22-15-7-13(5-6-17(15)27-19)26-11-12-3-4-14(25-2)8-20-12/h3-10H,11H2,1-2H3. The quantitative estimate of drug-likeness (QED) is 0.537. The summed E-state index contributed by atoms with van der Waals surface area (Å²) in [5.74, 6) is 1.69. The summed E-state index contributed by atoms with van der Waals surface area (Å²) < 4.78 is 18.0. The number of aryl methyl sites for hydroxylation is 1. The Morgan fingerprint density at radius 2 is 1.96 bits per heavy atom. The summed E-state index contributed by atoms with van der Waals surface area (Å²) in [4.78, 5) is 24.2. The van der Waals surface area contributed by atoms with Gasteiger partial charge in [0.05, 0.1) is 25.2 Å². The van der Waals surface area contributed by atoms with E-state index in [9.17, 15) is 4.79 Å². The van der Waals surface area contributed by atoms with Gasteiger partial charge in [0.15, 0.2) is 5.58 Å². The van der Waals surface area contributed by atoms with Gasteiger partial charge in [-0.25, -0.2) is 9.97 Å². The molecule has 0 bridgehead atoms. The Morgan fingerprint density at radius 3 is 2.70 bits per heavy atom. The number of benzene rings is 1. The lowest BCUT2D eigenvalue weighted by Gasteiger charge is -2.06. The SMILES string of the molecule is COc1ccc(COc2ccc3oc(-c4cn(C)c(=O)cn4)nc3c2)nc1. The Labute approximate surface area is 154 Å². The number of oxazole rings is 1. The van der Waals surface area contributed by atoms with Crippen LogP contribution in [0.1, 0.15) is 5.69 Å². The van der Waals surface area contributed by atoms with Crippen molar-refractivity contribution in [1.29, 1.82) is 0 Å². The first kappa shape index (κ1) is 16.8. The largest absolute Gasteiger partial charge is 0.495 e. The summed E-state index contributed by atoms with van der Waals surface area (Å²) in [6.45, 7) is 0.322. The Balaban J connectivity index is 1.54. The van der Waals surface area contributed by atoms with Crippen molar-refractivity contribution in [3.05, 3.63) is 65.0 Å². The first-order valence-electron chi connectivity index (χ1n) is 8.18. The van der Waals surface area contributed by atoms with E-state index in [0.717, 1.165) is 5.69 Å². The van der Waals surface area contributed by atoms with E-state index in [0.29, 0.717) is 40.8 Å². The summed E-state index contributed by atoms with van der Waals surface area (Å²) >= 11 is 0. The molecule has 8 heteroatoms. The van der Waals surface area contributed by atoms with Crippen LogP contribution in [0.15, 0.2) is 58.1 Å². The highest BCUT2D eigenvalue weighted by atomic mass is 16.5. The van der Waals surface area contributed by atoms with Gasteiger partial charge < -0.3 is 18.5 Å². The lowest BCUT2D eigenvalue weighted by molar-refractivity contribution is 0.301. The molecule has 0 spiro atoms. The van der Waals surface area contributed by atoms with Crippen LogP contribution >= 0.6 is 0 Å². The summed E-state index contributed by atoms with van der Waals surface area (Å²) in [5.41, 5.74) is 2.32. The molecule has 27 heavy (non-hydrogen) atoms. The van der Waals surface area contributed by atoms with E-state index >= 15 is 0 Å². The first-order valence-corrected chi connectivity index (χ1v) is 8.18. The van der Waals surface area contributed by atoms with Crippen LogP contribution in [0.4, 0.5) is 0 Å². The number of rotatable bonds is 5. The highest BCUT2D eigenvalue weighted by Crippen LogP contribution is 2.26. The van der Waals surface area contributed by atoms with Crippen molar-refractivity contribution in [3.63, 3.8) is 0 Å². The van der Waals surface area contributed by atoms with Crippen molar-refractivity contribution in [2.75, 3.05) is 7.11 Å². The van der Waals surface area contributed by atoms with Gasteiger partial charge in [0.25, 0.3) is 5.56 Å². The zero-order chi connectivity index (χ0) is 18.8. The van der Waals surface area contributed by atoms with E-state index in [2.05, 4.69) is 15.0 Å². The van der Waals surface area contributed by atoms with Crippen molar-refractivity contribution in [3.8, 4) is 23.1 Å². The molecule has 3 aromatic heterocycles. The van der Waals surface area contributed by atoms with E-state index in [1.165, 1.54) is 10.8 Å². The van der Waals surface area contributed by atoms with Gasteiger partial charge in [0.1, 0.15) is 29.3 Å². The second-order valence-electron chi connectivity index (χ2n) is 5.85. The van der Waals surface area contributed by atoms with E-state index in [1.807, 2.05) is 12.1 Å². The number of methoxy groups -OCH3 is 1. The molecule has 3 heterocycles. The fraction of sp³-hybridized carbons (Fsp3) is 0.158. The second kappa shape index (κ2) is 6.91. The molecule has 0 N–H and O–H groups in total. The fourth-order valence-electron chi connectivity index (χ4n) is 2.49. The van der Waals surface area contributed by atoms with Crippen molar-refractivity contribution in [2.45, 2.75) is 6.61 Å². The lowest BCUT2D eigenvalue weighted by atomic mass is 10.3. The average Bonchev–Trinajstić information content (AvgIpc) is 3.12. The summed E-state index contributed by atoms with van der Waals surface area (Å²) in [6, 6.07) is 9.04.